The Morgan fingerprint density at radius 2 is 1.91 bits per heavy atom. The van der Waals surface area contributed by atoms with E-state index in [2.05, 4.69) is 35.8 Å². The van der Waals surface area contributed by atoms with E-state index >= 15 is 0 Å². The van der Waals surface area contributed by atoms with Crippen molar-refractivity contribution in [1.29, 1.82) is 0 Å². The predicted octanol–water partition coefficient (Wildman–Crippen LogP) is 4.72. The molecule has 35 heavy (non-hydrogen) atoms. The van der Waals surface area contributed by atoms with E-state index in [4.69, 9.17) is 4.74 Å². The molecule has 0 saturated carbocycles. The summed E-state index contributed by atoms with van der Waals surface area (Å²) in [5, 5.41) is 10.5. The van der Waals surface area contributed by atoms with Gasteiger partial charge in [0.2, 0.25) is 5.88 Å². The number of urea groups is 1. The lowest BCUT2D eigenvalue weighted by atomic mass is 10.2. The van der Waals surface area contributed by atoms with Gasteiger partial charge in [0.25, 0.3) is 0 Å². The Balaban J connectivity index is 1.27. The summed E-state index contributed by atoms with van der Waals surface area (Å²) in [4.78, 5) is 28.6. The number of thiazole rings is 1. The minimum atomic E-state index is -0.313. The Morgan fingerprint density at radius 1 is 1.06 bits per heavy atom. The molecule has 1 aromatic carbocycles. The number of carbonyl (C=O) groups is 1. The zero-order valence-corrected chi connectivity index (χ0v) is 20.6. The number of aromatic nitrogens is 3. The first-order chi connectivity index (χ1) is 17.1. The molecule has 3 N–H and O–H groups in total. The van der Waals surface area contributed by atoms with Crippen molar-refractivity contribution in [3.8, 4) is 5.88 Å². The number of amides is 2. The second kappa shape index (κ2) is 12.1. The number of fused-ring (bicyclic) bond motifs is 1. The van der Waals surface area contributed by atoms with Crippen LogP contribution >= 0.6 is 11.3 Å². The van der Waals surface area contributed by atoms with Crippen molar-refractivity contribution >= 4 is 44.9 Å². The van der Waals surface area contributed by atoms with Crippen LogP contribution in [0.5, 0.6) is 5.88 Å². The van der Waals surface area contributed by atoms with Gasteiger partial charge in [-0.2, -0.15) is 4.98 Å². The summed E-state index contributed by atoms with van der Waals surface area (Å²) in [6.45, 7) is 2.30. The first-order valence-electron chi connectivity index (χ1n) is 11.4. The predicted molar refractivity (Wildman–Crippen MR) is 142 cm³/mol. The van der Waals surface area contributed by atoms with Crippen LogP contribution in [0.3, 0.4) is 0 Å². The topological polar surface area (TPSA) is 104 Å². The summed E-state index contributed by atoms with van der Waals surface area (Å²) in [5.41, 5.74) is 2.34. The number of anilines is 3. The molecule has 0 unspecified atom stereocenters. The highest BCUT2D eigenvalue weighted by atomic mass is 32.1. The molecule has 0 bridgehead atoms. The van der Waals surface area contributed by atoms with Gasteiger partial charge in [0, 0.05) is 59.6 Å². The van der Waals surface area contributed by atoms with E-state index in [0.29, 0.717) is 29.8 Å². The molecule has 0 spiro atoms. The Bertz CT molecular complexity index is 1250. The summed E-state index contributed by atoms with van der Waals surface area (Å²) in [5.74, 6) is 0.585. The quantitative estimate of drug-likeness (QED) is 0.261. The van der Waals surface area contributed by atoms with Gasteiger partial charge >= 0.3 is 6.03 Å². The van der Waals surface area contributed by atoms with E-state index in [-0.39, 0.29) is 6.03 Å². The second-order valence-corrected chi connectivity index (χ2v) is 9.25. The zero-order chi connectivity index (χ0) is 24.5. The van der Waals surface area contributed by atoms with E-state index in [0.717, 1.165) is 41.0 Å². The molecule has 9 nitrogen and oxygen atoms in total. The smallest absolute Gasteiger partial charge is 0.325 e. The Kier molecular flexibility index (Phi) is 8.42. The third-order valence-corrected chi connectivity index (χ3v) is 6.04. The van der Waals surface area contributed by atoms with Crippen LogP contribution in [-0.4, -0.2) is 59.7 Å². The van der Waals surface area contributed by atoms with Crippen molar-refractivity contribution in [1.82, 2.24) is 19.9 Å². The number of hydrogen-bond donors (Lipinski definition) is 3. The fraction of sp³-hybridized carbons (Fsp3) is 0.280. The standard InChI is InChI=1S/C25H29N7O2S/c1-32(2)15-6-16-34-22-10-9-20-21(12-14-27-23(20)30-22)26-13-11-19-17-28-25(35-19)31-24(33)29-18-7-4-3-5-8-18/h3-5,7-10,12,14,17H,6,11,13,15-16H2,1-2H3,(H,26,27,30)(H2,28,29,31,33). The molecule has 0 aliphatic carbocycles. The first-order valence-corrected chi connectivity index (χ1v) is 12.2. The van der Waals surface area contributed by atoms with E-state index in [1.807, 2.05) is 62.6 Å². The summed E-state index contributed by atoms with van der Waals surface area (Å²) < 4.78 is 5.77. The van der Waals surface area contributed by atoms with E-state index in [1.165, 1.54) is 11.3 Å². The third-order valence-electron chi connectivity index (χ3n) is 5.07. The van der Waals surface area contributed by atoms with Crippen LogP contribution in [0.25, 0.3) is 11.0 Å². The minimum Gasteiger partial charge on any atom is -0.478 e. The van der Waals surface area contributed by atoms with Gasteiger partial charge in [0.1, 0.15) is 0 Å². The van der Waals surface area contributed by atoms with E-state index in [1.54, 1.807) is 12.4 Å². The van der Waals surface area contributed by atoms with Gasteiger partial charge in [0.15, 0.2) is 10.8 Å². The molecule has 0 aliphatic heterocycles. The van der Waals surface area contributed by atoms with Crippen LogP contribution in [0.1, 0.15) is 11.3 Å². The summed E-state index contributed by atoms with van der Waals surface area (Å²) >= 11 is 1.46. The highest BCUT2D eigenvalue weighted by molar-refractivity contribution is 7.15. The second-order valence-electron chi connectivity index (χ2n) is 8.14. The first kappa shape index (κ1) is 24.4. The lowest BCUT2D eigenvalue weighted by Gasteiger charge is -2.11. The van der Waals surface area contributed by atoms with E-state index in [9.17, 15) is 4.79 Å². The van der Waals surface area contributed by atoms with Crippen molar-refractivity contribution in [2.24, 2.45) is 0 Å². The van der Waals surface area contributed by atoms with Gasteiger partial charge in [-0.1, -0.05) is 18.2 Å². The molecule has 3 aromatic heterocycles. The van der Waals surface area contributed by atoms with Gasteiger partial charge in [-0.25, -0.2) is 14.8 Å². The Hall–Kier alpha value is -3.76. The van der Waals surface area contributed by atoms with Gasteiger partial charge < -0.3 is 20.3 Å². The van der Waals surface area contributed by atoms with E-state index < -0.39 is 0 Å². The fourth-order valence-electron chi connectivity index (χ4n) is 3.39. The van der Waals surface area contributed by atoms with Crippen molar-refractivity contribution in [2.75, 3.05) is 49.7 Å². The highest BCUT2D eigenvalue weighted by Gasteiger charge is 2.09. The molecule has 0 radical (unpaired) electrons. The maximum Gasteiger partial charge on any atom is 0.325 e. The number of ether oxygens (including phenoxy) is 1. The summed E-state index contributed by atoms with van der Waals surface area (Å²) in [7, 11) is 4.09. The number of nitrogens with zero attached hydrogens (tertiary/aromatic N) is 4. The average molecular weight is 492 g/mol. The number of para-hydroxylation sites is 1. The van der Waals surface area contributed by atoms with Crippen molar-refractivity contribution in [2.45, 2.75) is 12.8 Å². The van der Waals surface area contributed by atoms with Gasteiger partial charge in [-0.15, -0.1) is 11.3 Å². The molecule has 2 amide bonds. The molecule has 3 heterocycles. The molecule has 4 aromatic rings. The number of benzene rings is 1. The Labute approximate surface area is 208 Å². The molecule has 182 valence electrons. The summed E-state index contributed by atoms with van der Waals surface area (Å²) in [6.07, 6.45) is 5.24. The lowest BCUT2D eigenvalue weighted by Crippen LogP contribution is -2.19. The van der Waals surface area contributed by atoms with Crippen LogP contribution < -0.4 is 20.7 Å². The minimum absolute atomic E-state index is 0.313. The van der Waals surface area contributed by atoms with Gasteiger partial charge in [-0.05, 0) is 44.8 Å². The maximum absolute atomic E-state index is 12.1. The van der Waals surface area contributed by atoms with Crippen LogP contribution in [0.15, 0.2) is 60.9 Å². The van der Waals surface area contributed by atoms with Crippen LogP contribution in [0, 0.1) is 0 Å². The Morgan fingerprint density at radius 3 is 2.74 bits per heavy atom. The van der Waals surface area contributed by atoms with Gasteiger partial charge in [0.05, 0.1) is 6.61 Å². The monoisotopic (exact) mass is 491 g/mol. The number of rotatable bonds is 11. The normalized spacial score (nSPS) is 10.9. The lowest BCUT2D eigenvalue weighted by molar-refractivity contribution is 0.262. The highest BCUT2D eigenvalue weighted by Crippen LogP contribution is 2.24. The summed E-state index contributed by atoms with van der Waals surface area (Å²) in [6, 6.07) is 14.8. The number of hydrogen-bond acceptors (Lipinski definition) is 8. The molecule has 4 rings (SSSR count). The van der Waals surface area contributed by atoms with Crippen molar-refractivity contribution in [3.63, 3.8) is 0 Å². The number of carbonyl (C=O) groups excluding carboxylic acids is 1. The van der Waals surface area contributed by atoms with Crippen LogP contribution in [0.2, 0.25) is 0 Å². The van der Waals surface area contributed by atoms with Crippen molar-refractivity contribution < 1.29 is 9.53 Å². The number of pyridine rings is 2. The van der Waals surface area contributed by atoms with Crippen LogP contribution in [0.4, 0.5) is 21.3 Å². The zero-order valence-electron chi connectivity index (χ0n) is 19.8. The van der Waals surface area contributed by atoms with Gasteiger partial charge in [-0.3, -0.25) is 5.32 Å². The molecule has 0 fully saturated rings. The molecule has 10 heteroatoms. The molecule has 0 aliphatic rings. The average Bonchev–Trinajstić information content (AvgIpc) is 3.29. The largest absolute Gasteiger partial charge is 0.478 e. The fourth-order valence-corrected chi connectivity index (χ4v) is 4.19. The molecular weight excluding hydrogens is 462 g/mol. The molecular formula is C25H29N7O2S. The SMILES string of the molecule is CN(C)CCCOc1ccc2c(NCCc3cnc(NC(=O)Nc4ccccc4)s3)ccnc2n1. The maximum atomic E-state index is 12.1. The molecule has 0 saturated heterocycles. The van der Waals surface area contributed by atoms with Crippen molar-refractivity contribution in [3.05, 3.63) is 65.8 Å². The van der Waals surface area contributed by atoms with Crippen LogP contribution in [-0.2, 0) is 6.42 Å². The third kappa shape index (κ3) is 7.36. The number of nitrogens with one attached hydrogen (secondary N) is 3. The molecule has 0 atom stereocenters.